The summed E-state index contributed by atoms with van der Waals surface area (Å²) in [5.74, 6) is -0.630. The van der Waals surface area contributed by atoms with Crippen LogP contribution in [-0.4, -0.2) is 13.5 Å². The molecule has 0 unspecified atom stereocenters. The topological polar surface area (TPSA) is 66.4 Å². The van der Waals surface area contributed by atoms with Gasteiger partial charge in [-0.3, -0.25) is 0 Å². The fourth-order valence-electron chi connectivity index (χ4n) is 1.92. The van der Waals surface area contributed by atoms with Crippen molar-refractivity contribution in [2.45, 2.75) is 25.0 Å². The van der Waals surface area contributed by atoms with Crippen molar-refractivity contribution in [2.75, 3.05) is 0 Å². The van der Waals surface area contributed by atoms with Crippen LogP contribution in [0.1, 0.15) is 16.7 Å². The molecule has 0 bridgehead atoms. The zero-order valence-corrected chi connectivity index (χ0v) is 12.3. The molecular formula is C15H16FNO3S. The first-order chi connectivity index (χ1) is 9.92. The van der Waals surface area contributed by atoms with Crippen LogP contribution in [0.3, 0.4) is 0 Å². The van der Waals surface area contributed by atoms with Crippen molar-refractivity contribution in [2.24, 2.45) is 0 Å². The van der Waals surface area contributed by atoms with Crippen LogP contribution in [0.4, 0.5) is 4.39 Å². The van der Waals surface area contributed by atoms with Crippen LogP contribution in [0.15, 0.2) is 47.4 Å². The molecule has 112 valence electrons. The molecule has 2 aromatic carbocycles. The Bertz CT molecular complexity index is 744. The molecule has 21 heavy (non-hydrogen) atoms. The number of hydrogen-bond donors (Lipinski definition) is 2. The van der Waals surface area contributed by atoms with Gasteiger partial charge in [0.1, 0.15) is 5.82 Å². The Morgan fingerprint density at radius 1 is 1.19 bits per heavy atom. The number of benzene rings is 2. The Hall–Kier alpha value is -1.76. The maximum atomic E-state index is 13.3. The minimum Gasteiger partial charge on any atom is -0.392 e. The van der Waals surface area contributed by atoms with E-state index in [2.05, 4.69) is 4.72 Å². The first-order valence-electron chi connectivity index (χ1n) is 6.37. The number of rotatable bonds is 5. The lowest BCUT2D eigenvalue weighted by molar-refractivity contribution is 0.275. The highest BCUT2D eigenvalue weighted by Gasteiger charge is 2.15. The van der Waals surface area contributed by atoms with Crippen LogP contribution in [0.25, 0.3) is 0 Å². The molecule has 2 rings (SSSR count). The van der Waals surface area contributed by atoms with Gasteiger partial charge in [0.25, 0.3) is 0 Å². The van der Waals surface area contributed by atoms with Crippen molar-refractivity contribution >= 4 is 10.0 Å². The van der Waals surface area contributed by atoms with E-state index in [0.29, 0.717) is 0 Å². The minimum absolute atomic E-state index is 0.0477. The summed E-state index contributed by atoms with van der Waals surface area (Å²) < 4.78 is 40.0. The van der Waals surface area contributed by atoms with Gasteiger partial charge < -0.3 is 5.11 Å². The maximum absolute atomic E-state index is 13.3. The Morgan fingerprint density at radius 3 is 2.62 bits per heavy atom. The summed E-state index contributed by atoms with van der Waals surface area (Å²) in [5, 5.41) is 8.99. The minimum atomic E-state index is -3.75. The molecule has 0 aliphatic heterocycles. The van der Waals surface area contributed by atoms with Gasteiger partial charge >= 0.3 is 0 Å². The van der Waals surface area contributed by atoms with Crippen LogP contribution < -0.4 is 4.72 Å². The molecule has 0 aliphatic rings. The normalized spacial score (nSPS) is 11.6. The summed E-state index contributed by atoms with van der Waals surface area (Å²) in [6, 6.07) is 10.8. The third kappa shape index (κ3) is 3.87. The molecular weight excluding hydrogens is 293 g/mol. The molecule has 0 heterocycles. The Balaban J connectivity index is 2.18. The number of halogens is 1. The van der Waals surface area contributed by atoms with E-state index < -0.39 is 22.4 Å². The number of sulfonamides is 1. The number of aliphatic hydroxyl groups excluding tert-OH is 1. The van der Waals surface area contributed by atoms with Crippen molar-refractivity contribution in [3.8, 4) is 0 Å². The standard InChI is InChI=1S/C15H16FNO3S/c1-11-3-2-4-12(7-11)9-17-21(19,20)14-5-6-15(16)13(8-14)10-18/h2-8,17-18H,9-10H2,1H3. The molecule has 0 aliphatic carbocycles. The lowest BCUT2D eigenvalue weighted by Gasteiger charge is -2.09. The fraction of sp³-hybridized carbons (Fsp3) is 0.200. The summed E-state index contributed by atoms with van der Waals surface area (Å²) in [6.07, 6.45) is 0. The number of hydrogen-bond acceptors (Lipinski definition) is 3. The second-order valence-electron chi connectivity index (χ2n) is 4.72. The van der Waals surface area contributed by atoms with Crippen molar-refractivity contribution in [1.29, 1.82) is 0 Å². The van der Waals surface area contributed by atoms with E-state index in [9.17, 15) is 12.8 Å². The van der Waals surface area contributed by atoms with Crippen molar-refractivity contribution < 1.29 is 17.9 Å². The summed E-state index contributed by atoms with van der Waals surface area (Å²) in [4.78, 5) is -0.0689. The van der Waals surface area contributed by atoms with Crippen molar-refractivity contribution in [1.82, 2.24) is 4.72 Å². The average Bonchev–Trinajstić information content (AvgIpc) is 2.46. The van der Waals surface area contributed by atoms with E-state index in [1.807, 2.05) is 31.2 Å². The summed E-state index contributed by atoms with van der Waals surface area (Å²) in [5.41, 5.74) is 1.83. The van der Waals surface area contributed by atoms with Gasteiger partial charge in [0.05, 0.1) is 11.5 Å². The smallest absolute Gasteiger partial charge is 0.240 e. The Labute approximate surface area is 123 Å². The quantitative estimate of drug-likeness (QED) is 0.889. The van der Waals surface area contributed by atoms with Gasteiger partial charge in [0.2, 0.25) is 10.0 Å². The van der Waals surface area contributed by atoms with Gasteiger partial charge in [0, 0.05) is 12.1 Å². The highest BCUT2D eigenvalue weighted by Crippen LogP contribution is 2.15. The van der Waals surface area contributed by atoms with E-state index in [1.165, 1.54) is 6.07 Å². The molecule has 0 aromatic heterocycles. The van der Waals surface area contributed by atoms with Crippen LogP contribution in [0, 0.1) is 12.7 Å². The highest BCUT2D eigenvalue weighted by atomic mass is 32.2. The highest BCUT2D eigenvalue weighted by molar-refractivity contribution is 7.89. The third-order valence-electron chi connectivity index (χ3n) is 3.05. The predicted octanol–water partition coefficient (Wildman–Crippen LogP) is 2.10. The van der Waals surface area contributed by atoms with Gasteiger partial charge in [-0.25, -0.2) is 17.5 Å². The third-order valence-corrected chi connectivity index (χ3v) is 4.45. The van der Waals surface area contributed by atoms with Gasteiger partial charge in [0.15, 0.2) is 0 Å². The largest absolute Gasteiger partial charge is 0.392 e. The maximum Gasteiger partial charge on any atom is 0.240 e. The first kappa shape index (κ1) is 15.6. The summed E-state index contributed by atoms with van der Waals surface area (Å²) in [7, 11) is -3.75. The van der Waals surface area contributed by atoms with E-state index >= 15 is 0 Å². The first-order valence-corrected chi connectivity index (χ1v) is 7.85. The van der Waals surface area contributed by atoms with Gasteiger partial charge in [-0.15, -0.1) is 0 Å². The van der Waals surface area contributed by atoms with Crippen LogP contribution in [-0.2, 0) is 23.2 Å². The molecule has 0 atom stereocenters. The van der Waals surface area contributed by atoms with E-state index in [0.717, 1.165) is 23.3 Å². The molecule has 4 nitrogen and oxygen atoms in total. The van der Waals surface area contributed by atoms with Crippen LogP contribution in [0.2, 0.25) is 0 Å². The number of aliphatic hydroxyl groups is 1. The lowest BCUT2D eigenvalue weighted by atomic mass is 10.1. The van der Waals surface area contributed by atoms with E-state index in [1.54, 1.807) is 0 Å². The van der Waals surface area contributed by atoms with Crippen molar-refractivity contribution in [3.63, 3.8) is 0 Å². The molecule has 0 radical (unpaired) electrons. The lowest BCUT2D eigenvalue weighted by Crippen LogP contribution is -2.23. The van der Waals surface area contributed by atoms with Crippen molar-refractivity contribution in [3.05, 3.63) is 65.0 Å². The average molecular weight is 309 g/mol. The van der Waals surface area contributed by atoms with Gasteiger partial charge in [-0.05, 0) is 30.7 Å². The molecule has 2 aromatic rings. The summed E-state index contributed by atoms with van der Waals surface area (Å²) >= 11 is 0. The van der Waals surface area contributed by atoms with E-state index in [4.69, 9.17) is 5.11 Å². The zero-order chi connectivity index (χ0) is 15.5. The SMILES string of the molecule is Cc1cccc(CNS(=O)(=O)c2ccc(F)c(CO)c2)c1. The predicted molar refractivity (Wildman–Crippen MR) is 77.5 cm³/mol. The molecule has 0 saturated heterocycles. The summed E-state index contributed by atoms with van der Waals surface area (Å²) in [6.45, 7) is 1.52. The Kier molecular flexibility index (Phi) is 4.72. The van der Waals surface area contributed by atoms with Crippen LogP contribution in [0.5, 0.6) is 0 Å². The fourth-order valence-corrected chi connectivity index (χ4v) is 2.99. The second kappa shape index (κ2) is 6.34. The monoisotopic (exact) mass is 309 g/mol. The number of nitrogens with one attached hydrogen (secondary N) is 1. The number of aryl methyl sites for hydroxylation is 1. The molecule has 6 heteroatoms. The zero-order valence-electron chi connectivity index (χ0n) is 11.5. The van der Waals surface area contributed by atoms with Gasteiger partial charge in [-0.1, -0.05) is 29.8 Å². The molecule has 0 fully saturated rings. The van der Waals surface area contributed by atoms with Crippen LogP contribution >= 0.6 is 0 Å². The molecule has 0 spiro atoms. The molecule has 2 N–H and O–H groups in total. The molecule has 0 amide bonds. The molecule has 0 saturated carbocycles. The second-order valence-corrected chi connectivity index (χ2v) is 6.49. The van der Waals surface area contributed by atoms with E-state index in [-0.39, 0.29) is 17.0 Å². The Morgan fingerprint density at radius 2 is 1.95 bits per heavy atom. The van der Waals surface area contributed by atoms with Gasteiger partial charge in [-0.2, -0.15) is 0 Å².